The average Bonchev–Trinajstić information content (AvgIpc) is 3.18. The van der Waals surface area contributed by atoms with Crippen LogP contribution in [0.2, 0.25) is 0 Å². The van der Waals surface area contributed by atoms with E-state index in [1.165, 1.54) is 0 Å². The van der Waals surface area contributed by atoms with Crippen molar-refractivity contribution in [2.75, 3.05) is 25.1 Å². The summed E-state index contributed by atoms with van der Waals surface area (Å²) in [6.45, 7) is 7.76. The van der Waals surface area contributed by atoms with E-state index in [1.807, 2.05) is 42.6 Å². The van der Waals surface area contributed by atoms with Crippen LogP contribution in [0.25, 0.3) is 10.9 Å². The number of hydrogen-bond donors (Lipinski definition) is 3. The number of fused-ring (bicyclic) bond motifs is 2. The monoisotopic (exact) mass is 393 g/mol. The van der Waals surface area contributed by atoms with Gasteiger partial charge in [-0.05, 0) is 55.3 Å². The fourth-order valence-corrected chi connectivity index (χ4v) is 3.33. The van der Waals surface area contributed by atoms with Gasteiger partial charge >= 0.3 is 0 Å². The van der Waals surface area contributed by atoms with Gasteiger partial charge in [0.25, 0.3) is 5.91 Å². The normalized spacial score (nSPS) is 18.1. The lowest BCUT2D eigenvalue weighted by Crippen LogP contribution is -2.48. The fourth-order valence-electron chi connectivity index (χ4n) is 3.33. The van der Waals surface area contributed by atoms with Gasteiger partial charge in [-0.25, -0.2) is 0 Å². The average molecular weight is 393 g/mol. The van der Waals surface area contributed by atoms with E-state index in [2.05, 4.69) is 36.4 Å². The van der Waals surface area contributed by atoms with Crippen molar-refractivity contribution in [3.63, 3.8) is 0 Å². The van der Waals surface area contributed by atoms with E-state index in [0.29, 0.717) is 31.2 Å². The van der Waals surface area contributed by atoms with Crippen LogP contribution in [0.15, 0.2) is 48.7 Å². The molecule has 2 heterocycles. The maximum atomic E-state index is 12.4. The molecule has 1 aliphatic heterocycles. The van der Waals surface area contributed by atoms with Crippen LogP contribution in [0, 0.1) is 5.92 Å². The summed E-state index contributed by atoms with van der Waals surface area (Å²) in [4.78, 5) is 15.6. The second kappa shape index (κ2) is 7.70. The lowest BCUT2D eigenvalue weighted by molar-refractivity contribution is 0.0949. The number of rotatable bonds is 6. The summed E-state index contributed by atoms with van der Waals surface area (Å²) in [5, 5.41) is 7.56. The highest BCUT2D eigenvalue weighted by Crippen LogP contribution is 2.34. The van der Waals surface area contributed by atoms with E-state index in [1.54, 1.807) is 6.07 Å². The summed E-state index contributed by atoms with van der Waals surface area (Å²) < 4.78 is 12.0. The van der Waals surface area contributed by atoms with E-state index < -0.39 is 5.54 Å². The first-order valence-electron chi connectivity index (χ1n) is 9.95. The number of ether oxygens (including phenoxy) is 2. The predicted octanol–water partition coefficient (Wildman–Crippen LogP) is 4.20. The molecule has 3 N–H and O–H groups in total. The molecule has 0 saturated carbocycles. The van der Waals surface area contributed by atoms with Gasteiger partial charge in [0.2, 0.25) is 0 Å². The van der Waals surface area contributed by atoms with Crippen molar-refractivity contribution >= 4 is 22.5 Å². The first kappa shape index (κ1) is 19.2. The molecular weight excluding hydrogens is 366 g/mol. The highest BCUT2D eigenvalue weighted by Gasteiger charge is 2.32. The zero-order chi connectivity index (χ0) is 20.4. The number of aromatic nitrogens is 1. The fraction of sp³-hybridized carbons (Fsp3) is 0.348. The van der Waals surface area contributed by atoms with Crippen molar-refractivity contribution in [1.29, 1.82) is 0 Å². The number of carbonyl (C=O) groups excluding carboxylic acids is 1. The van der Waals surface area contributed by atoms with Crippen LogP contribution in [-0.4, -0.2) is 36.2 Å². The molecule has 0 fully saturated rings. The third-order valence-corrected chi connectivity index (χ3v) is 4.98. The molecular formula is C23H27N3O3. The van der Waals surface area contributed by atoms with Crippen molar-refractivity contribution in [1.82, 2.24) is 10.3 Å². The third kappa shape index (κ3) is 4.31. The van der Waals surface area contributed by atoms with Crippen molar-refractivity contribution < 1.29 is 14.3 Å². The first-order valence-corrected chi connectivity index (χ1v) is 9.95. The molecule has 0 saturated heterocycles. The van der Waals surface area contributed by atoms with Gasteiger partial charge in [0, 0.05) is 29.2 Å². The molecule has 1 atom stereocenters. The standard InChI is InChI=1S/C23H27N3O3/c1-15(2)12-25-22(27)17-4-7-21-20(11-17)26-23(3,14-29-21)13-28-18-5-6-19-16(10-18)8-9-24-19/h4-11,15,24,26H,12-14H2,1-3H3,(H,25,27). The predicted molar refractivity (Wildman–Crippen MR) is 115 cm³/mol. The molecule has 29 heavy (non-hydrogen) atoms. The molecule has 6 heteroatoms. The Hall–Kier alpha value is -3.15. The van der Waals surface area contributed by atoms with E-state index >= 15 is 0 Å². The molecule has 152 valence electrons. The number of carbonyl (C=O) groups is 1. The Bertz CT molecular complexity index is 1030. The SMILES string of the molecule is CC(C)CNC(=O)c1ccc2c(c1)NC(C)(COc1ccc3[nH]ccc3c1)CO2. The van der Waals surface area contributed by atoms with E-state index in [-0.39, 0.29) is 5.91 Å². The zero-order valence-electron chi connectivity index (χ0n) is 17.0. The number of H-pyrrole nitrogens is 1. The Balaban J connectivity index is 1.44. The molecule has 3 aromatic rings. The summed E-state index contributed by atoms with van der Waals surface area (Å²) in [5.74, 6) is 1.89. The van der Waals surface area contributed by atoms with Crippen LogP contribution in [-0.2, 0) is 0 Å². The van der Waals surface area contributed by atoms with Gasteiger partial charge in [-0.3, -0.25) is 4.79 Å². The maximum Gasteiger partial charge on any atom is 0.251 e. The molecule has 0 bridgehead atoms. The smallest absolute Gasteiger partial charge is 0.251 e. The Labute approximate surface area is 170 Å². The molecule has 2 aromatic carbocycles. The number of amides is 1. The Kier molecular flexibility index (Phi) is 5.09. The van der Waals surface area contributed by atoms with E-state index in [0.717, 1.165) is 28.1 Å². The third-order valence-electron chi connectivity index (χ3n) is 4.98. The molecule has 1 unspecified atom stereocenters. The summed E-state index contributed by atoms with van der Waals surface area (Å²) >= 11 is 0. The van der Waals surface area contributed by atoms with Crippen molar-refractivity contribution in [2.24, 2.45) is 5.92 Å². The minimum Gasteiger partial charge on any atom is -0.491 e. The van der Waals surface area contributed by atoms with Gasteiger partial charge in [0.05, 0.1) is 5.69 Å². The topological polar surface area (TPSA) is 75.4 Å². The van der Waals surface area contributed by atoms with Gasteiger partial charge in [-0.15, -0.1) is 0 Å². The van der Waals surface area contributed by atoms with Gasteiger partial charge in [-0.1, -0.05) is 13.8 Å². The summed E-state index contributed by atoms with van der Waals surface area (Å²) in [6.07, 6.45) is 1.91. The molecule has 1 amide bonds. The molecule has 0 aliphatic carbocycles. The highest BCUT2D eigenvalue weighted by molar-refractivity contribution is 5.95. The first-order chi connectivity index (χ1) is 13.9. The lowest BCUT2D eigenvalue weighted by atomic mass is 10.0. The molecule has 1 aliphatic rings. The minimum atomic E-state index is -0.410. The Morgan fingerprint density at radius 3 is 2.93 bits per heavy atom. The number of hydrogen-bond acceptors (Lipinski definition) is 4. The molecule has 0 spiro atoms. The van der Waals surface area contributed by atoms with Crippen molar-refractivity contribution in [2.45, 2.75) is 26.3 Å². The largest absolute Gasteiger partial charge is 0.491 e. The number of nitrogens with one attached hydrogen (secondary N) is 3. The lowest BCUT2D eigenvalue weighted by Gasteiger charge is -2.36. The summed E-state index contributed by atoms with van der Waals surface area (Å²) in [7, 11) is 0. The number of aromatic amines is 1. The van der Waals surface area contributed by atoms with Crippen molar-refractivity contribution in [3.8, 4) is 11.5 Å². The van der Waals surface area contributed by atoms with Crippen LogP contribution in [0.1, 0.15) is 31.1 Å². The van der Waals surface area contributed by atoms with Gasteiger partial charge in [0.15, 0.2) is 0 Å². The Morgan fingerprint density at radius 1 is 1.24 bits per heavy atom. The molecule has 0 radical (unpaired) electrons. The zero-order valence-corrected chi connectivity index (χ0v) is 17.0. The van der Waals surface area contributed by atoms with Crippen LogP contribution >= 0.6 is 0 Å². The van der Waals surface area contributed by atoms with E-state index in [4.69, 9.17) is 9.47 Å². The number of anilines is 1. The van der Waals surface area contributed by atoms with Crippen LogP contribution in [0.3, 0.4) is 0 Å². The maximum absolute atomic E-state index is 12.4. The molecule has 4 rings (SSSR count). The van der Waals surface area contributed by atoms with Crippen molar-refractivity contribution in [3.05, 3.63) is 54.2 Å². The quantitative estimate of drug-likeness (QED) is 0.587. The van der Waals surface area contributed by atoms with Gasteiger partial charge in [-0.2, -0.15) is 0 Å². The minimum absolute atomic E-state index is 0.0772. The van der Waals surface area contributed by atoms with Gasteiger partial charge < -0.3 is 25.1 Å². The molecule has 1 aromatic heterocycles. The second-order valence-corrected chi connectivity index (χ2v) is 8.30. The van der Waals surface area contributed by atoms with Crippen LogP contribution in [0.4, 0.5) is 5.69 Å². The second-order valence-electron chi connectivity index (χ2n) is 8.30. The van der Waals surface area contributed by atoms with Gasteiger partial charge in [0.1, 0.15) is 30.3 Å². The highest BCUT2D eigenvalue weighted by atomic mass is 16.5. The number of benzene rings is 2. The Morgan fingerprint density at radius 2 is 2.10 bits per heavy atom. The summed E-state index contributed by atoms with van der Waals surface area (Å²) in [5.41, 5.74) is 2.09. The van der Waals surface area contributed by atoms with E-state index in [9.17, 15) is 4.79 Å². The van der Waals surface area contributed by atoms with Crippen LogP contribution in [0.5, 0.6) is 11.5 Å². The molecule has 6 nitrogen and oxygen atoms in total. The summed E-state index contributed by atoms with van der Waals surface area (Å²) in [6, 6.07) is 13.5. The van der Waals surface area contributed by atoms with Crippen LogP contribution < -0.4 is 20.1 Å².